The fourth-order valence-electron chi connectivity index (χ4n) is 1.86. The Morgan fingerprint density at radius 2 is 1.90 bits per heavy atom. The molecule has 1 aromatic carbocycles. The first-order valence-corrected chi connectivity index (χ1v) is 7.33. The Morgan fingerprint density at radius 1 is 1.19 bits per heavy atom. The van der Waals surface area contributed by atoms with Crippen molar-refractivity contribution in [1.82, 2.24) is 0 Å². The quantitative estimate of drug-likeness (QED) is 0.435. The van der Waals surface area contributed by atoms with E-state index in [2.05, 4.69) is 32.2 Å². The van der Waals surface area contributed by atoms with Gasteiger partial charge in [-0.2, -0.15) is 0 Å². The van der Waals surface area contributed by atoms with Crippen molar-refractivity contribution in [3.63, 3.8) is 0 Å². The number of aryl methyl sites for hydroxylation is 1. The second kappa shape index (κ2) is 8.96. The average Bonchev–Trinajstić information content (AvgIpc) is 2.41. The highest BCUT2D eigenvalue weighted by molar-refractivity contribution is 5.99. The molecule has 0 radical (unpaired) electrons. The molecule has 112 valence electrons. The van der Waals surface area contributed by atoms with Crippen LogP contribution in [0.25, 0.3) is 0 Å². The second-order valence-corrected chi connectivity index (χ2v) is 5.50. The van der Waals surface area contributed by atoms with Crippen molar-refractivity contribution >= 4 is 11.6 Å². The van der Waals surface area contributed by atoms with Crippen LogP contribution in [0, 0.1) is 6.92 Å². The zero-order chi connectivity index (χ0) is 15.7. The molecular weight excluding hydrogens is 258 g/mol. The average molecular weight is 283 g/mol. The first-order chi connectivity index (χ1) is 9.99. The Labute approximate surface area is 128 Å². The van der Waals surface area contributed by atoms with Crippen LogP contribution in [-0.4, -0.2) is 5.91 Å². The smallest absolute Gasteiger partial charge is 0.248 e. The van der Waals surface area contributed by atoms with Crippen molar-refractivity contribution in [1.29, 1.82) is 0 Å². The lowest BCUT2D eigenvalue weighted by Crippen LogP contribution is -2.08. The number of nitrogens with one attached hydrogen (secondary N) is 1. The van der Waals surface area contributed by atoms with Crippen molar-refractivity contribution < 1.29 is 4.79 Å². The molecule has 2 heteroatoms. The lowest BCUT2D eigenvalue weighted by atomic mass is 10.1. The van der Waals surface area contributed by atoms with E-state index in [1.54, 1.807) is 6.08 Å². The first kappa shape index (κ1) is 17.0. The van der Waals surface area contributed by atoms with Crippen LogP contribution in [-0.2, 0) is 4.79 Å². The summed E-state index contributed by atoms with van der Waals surface area (Å²) < 4.78 is 0. The van der Waals surface area contributed by atoms with E-state index in [9.17, 15) is 4.79 Å². The van der Waals surface area contributed by atoms with Crippen molar-refractivity contribution in [2.75, 3.05) is 5.32 Å². The molecule has 1 rings (SSSR count). The molecule has 1 amide bonds. The maximum atomic E-state index is 11.8. The van der Waals surface area contributed by atoms with Crippen LogP contribution in [0.4, 0.5) is 5.69 Å². The van der Waals surface area contributed by atoms with E-state index in [0.717, 1.165) is 24.1 Å². The SMILES string of the molecule is CC(C)=CCC/C(C)=C/C=C/C(=O)Nc1ccccc1C. The zero-order valence-corrected chi connectivity index (χ0v) is 13.4. The summed E-state index contributed by atoms with van der Waals surface area (Å²) in [6, 6.07) is 7.76. The topological polar surface area (TPSA) is 29.1 Å². The van der Waals surface area contributed by atoms with Gasteiger partial charge in [-0.1, -0.05) is 47.6 Å². The number of para-hydroxylation sites is 1. The van der Waals surface area contributed by atoms with Crippen LogP contribution in [0.15, 0.2) is 59.7 Å². The monoisotopic (exact) mass is 283 g/mol. The summed E-state index contributed by atoms with van der Waals surface area (Å²) in [6.45, 7) is 8.28. The molecule has 0 aliphatic rings. The summed E-state index contributed by atoms with van der Waals surface area (Å²) in [5, 5.41) is 2.88. The molecule has 0 aliphatic carbocycles. The van der Waals surface area contributed by atoms with Crippen LogP contribution in [0.3, 0.4) is 0 Å². The summed E-state index contributed by atoms with van der Waals surface area (Å²) >= 11 is 0. The summed E-state index contributed by atoms with van der Waals surface area (Å²) in [5.41, 5.74) is 4.53. The molecule has 1 N–H and O–H groups in total. The van der Waals surface area contributed by atoms with Crippen molar-refractivity contribution in [2.45, 2.75) is 40.5 Å². The zero-order valence-electron chi connectivity index (χ0n) is 13.4. The number of hydrogen-bond acceptors (Lipinski definition) is 1. The van der Waals surface area contributed by atoms with Crippen LogP contribution in [0.1, 0.15) is 39.2 Å². The fraction of sp³-hybridized carbons (Fsp3) is 0.316. The number of amides is 1. The lowest BCUT2D eigenvalue weighted by molar-refractivity contribution is -0.111. The molecule has 2 nitrogen and oxygen atoms in total. The minimum atomic E-state index is -0.0994. The largest absolute Gasteiger partial charge is 0.322 e. The number of carbonyl (C=O) groups excluding carboxylic acids is 1. The highest BCUT2D eigenvalue weighted by Crippen LogP contribution is 2.13. The predicted molar refractivity (Wildman–Crippen MR) is 91.4 cm³/mol. The minimum Gasteiger partial charge on any atom is -0.322 e. The molecule has 0 atom stereocenters. The summed E-state index contributed by atoms with van der Waals surface area (Å²) in [4.78, 5) is 11.8. The second-order valence-electron chi connectivity index (χ2n) is 5.50. The number of hydrogen-bond donors (Lipinski definition) is 1. The van der Waals surface area contributed by atoms with Gasteiger partial charge in [0.25, 0.3) is 0 Å². The van der Waals surface area contributed by atoms with Gasteiger partial charge < -0.3 is 5.32 Å². The van der Waals surface area contributed by atoms with Crippen molar-refractivity contribution in [3.05, 3.63) is 65.3 Å². The number of allylic oxidation sites excluding steroid dienone is 5. The third-order valence-corrected chi connectivity index (χ3v) is 3.12. The van der Waals surface area contributed by atoms with Crippen LogP contribution in [0.5, 0.6) is 0 Å². The van der Waals surface area contributed by atoms with E-state index in [1.165, 1.54) is 11.1 Å². The highest BCUT2D eigenvalue weighted by Gasteiger charge is 1.99. The fourth-order valence-corrected chi connectivity index (χ4v) is 1.86. The Balaban J connectivity index is 2.47. The molecule has 0 saturated heterocycles. The van der Waals surface area contributed by atoms with Gasteiger partial charge in [0.15, 0.2) is 0 Å². The molecule has 0 unspecified atom stereocenters. The Bertz CT molecular complexity index is 561. The molecule has 0 saturated carbocycles. The van der Waals surface area contributed by atoms with Crippen LogP contribution in [0.2, 0.25) is 0 Å². The third kappa shape index (κ3) is 7.31. The number of benzene rings is 1. The van der Waals surface area contributed by atoms with Crippen LogP contribution < -0.4 is 5.32 Å². The van der Waals surface area contributed by atoms with Crippen molar-refractivity contribution in [2.24, 2.45) is 0 Å². The van der Waals surface area contributed by atoms with E-state index in [4.69, 9.17) is 0 Å². The number of anilines is 1. The predicted octanol–water partition coefficient (Wildman–Crippen LogP) is 5.18. The molecule has 0 heterocycles. The van der Waals surface area contributed by atoms with E-state index in [0.29, 0.717) is 0 Å². The van der Waals surface area contributed by atoms with E-state index in [1.807, 2.05) is 43.3 Å². The van der Waals surface area contributed by atoms with Gasteiger partial charge in [0.1, 0.15) is 0 Å². The third-order valence-electron chi connectivity index (χ3n) is 3.12. The number of carbonyl (C=O) groups is 1. The van der Waals surface area contributed by atoms with Gasteiger partial charge in [-0.3, -0.25) is 4.79 Å². The molecule has 21 heavy (non-hydrogen) atoms. The van der Waals surface area contributed by atoms with E-state index < -0.39 is 0 Å². The molecule has 0 spiro atoms. The van der Waals surface area contributed by atoms with Gasteiger partial charge in [0.2, 0.25) is 5.91 Å². The summed E-state index contributed by atoms with van der Waals surface area (Å²) in [5.74, 6) is -0.0994. The molecule has 1 aromatic rings. The maximum Gasteiger partial charge on any atom is 0.248 e. The molecular formula is C19H25NO. The Kier molecular flexibility index (Phi) is 7.24. The van der Waals surface area contributed by atoms with Crippen molar-refractivity contribution in [3.8, 4) is 0 Å². The minimum absolute atomic E-state index is 0.0994. The lowest BCUT2D eigenvalue weighted by Gasteiger charge is -2.04. The Morgan fingerprint density at radius 3 is 2.57 bits per heavy atom. The van der Waals surface area contributed by atoms with Gasteiger partial charge in [0.05, 0.1) is 0 Å². The first-order valence-electron chi connectivity index (χ1n) is 7.33. The molecule has 0 bridgehead atoms. The maximum absolute atomic E-state index is 11.8. The normalized spacial score (nSPS) is 11.5. The van der Waals surface area contributed by atoms with Crippen LogP contribution >= 0.6 is 0 Å². The van der Waals surface area contributed by atoms with E-state index >= 15 is 0 Å². The highest BCUT2D eigenvalue weighted by atomic mass is 16.1. The van der Waals surface area contributed by atoms with Gasteiger partial charge in [-0.15, -0.1) is 0 Å². The summed E-state index contributed by atoms with van der Waals surface area (Å²) in [6.07, 6.45) is 9.67. The van der Waals surface area contributed by atoms with E-state index in [-0.39, 0.29) is 5.91 Å². The van der Waals surface area contributed by atoms with Gasteiger partial charge in [-0.25, -0.2) is 0 Å². The van der Waals surface area contributed by atoms with Gasteiger partial charge in [0, 0.05) is 11.8 Å². The Hall–Kier alpha value is -2.09. The standard InChI is InChI=1S/C19H25NO/c1-15(2)9-7-10-16(3)11-8-14-19(21)20-18-13-6-5-12-17(18)4/h5-6,8-9,11-14H,7,10H2,1-4H3,(H,20,21)/b14-8+,16-11+. The summed E-state index contributed by atoms with van der Waals surface area (Å²) in [7, 11) is 0. The molecule has 0 aromatic heterocycles. The van der Waals surface area contributed by atoms with Gasteiger partial charge in [-0.05, 0) is 52.2 Å². The number of rotatable bonds is 6. The molecule has 0 aliphatic heterocycles. The molecule has 0 fully saturated rings. The van der Waals surface area contributed by atoms with Gasteiger partial charge >= 0.3 is 0 Å².